The zero-order valence-corrected chi connectivity index (χ0v) is 13.4. The Morgan fingerprint density at radius 1 is 1.10 bits per heavy atom. The normalized spacial score (nSPS) is 56.2. The number of hydrogen-bond acceptors (Lipinski definition) is 1. The van der Waals surface area contributed by atoms with Crippen molar-refractivity contribution < 1.29 is 9.50 Å². The SMILES string of the molecule is CC1(O)CCC2C3CC=C4CC(F)CCC4C3CCC21C. The number of hydrogen-bond donors (Lipinski definition) is 1. The smallest absolute Gasteiger partial charge is 0.104 e. The first-order valence-corrected chi connectivity index (χ1v) is 8.98. The molecule has 4 aliphatic rings. The molecule has 7 atom stereocenters. The Morgan fingerprint density at radius 3 is 2.71 bits per heavy atom. The highest BCUT2D eigenvalue weighted by Gasteiger charge is 2.60. The van der Waals surface area contributed by atoms with E-state index in [4.69, 9.17) is 0 Å². The molecular formula is C19H29FO. The molecule has 4 rings (SSSR count). The standard InChI is InChI=1S/C19H29FO/c1-18-9-7-15-14-6-4-13(20)11-12(14)3-5-16(15)17(18)8-10-19(18,2)21/h3,13-17,21H,4-11H2,1-2H3. The summed E-state index contributed by atoms with van der Waals surface area (Å²) in [6.07, 6.45) is 10.0. The van der Waals surface area contributed by atoms with Gasteiger partial charge in [-0.1, -0.05) is 18.6 Å². The van der Waals surface area contributed by atoms with E-state index in [0.717, 1.165) is 43.9 Å². The van der Waals surface area contributed by atoms with Crippen LogP contribution in [0.4, 0.5) is 4.39 Å². The Bertz CT molecular complexity index is 468. The van der Waals surface area contributed by atoms with Gasteiger partial charge in [0.25, 0.3) is 0 Å². The monoisotopic (exact) mass is 292 g/mol. The van der Waals surface area contributed by atoms with Gasteiger partial charge in [-0.25, -0.2) is 4.39 Å². The molecule has 0 aromatic carbocycles. The second-order valence-electron chi connectivity index (χ2n) is 8.70. The molecule has 0 heterocycles. The minimum absolute atomic E-state index is 0.108. The lowest BCUT2D eigenvalue weighted by Gasteiger charge is -2.54. The highest BCUT2D eigenvalue weighted by Crippen LogP contribution is 2.64. The molecule has 21 heavy (non-hydrogen) atoms. The maximum absolute atomic E-state index is 13.7. The lowest BCUT2D eigenvalue weighted by atomic mass is 9.51. The van der Waals surface area contributed by atoms with Crippen molar-refractivity contribution in [2.75, 3.05) is 0 Å². The van der Waals surface area contributed by atoms with Crippen molar-refractivity contribution in [3.63, 3.8) is 0 Å². The molecule has 1 nitrogen and oxygen atoms in total. The molecule has 1 N–H and O–H groups in total. The van der Waals surface area contributed by atoms with Gasteiger partial charge >= 0.3 is 0 Å². The quantitative estimate of drug-likeness (QED) is 0.644. The fourth-order valence-corrected chi connectivity index (χ4v) is 6.47. The lowest BCUT2D eigenvalue weighted by molar-refractivity contribution is -0.104. The average Bonchev–Trinajstić information content (AvgIpc) is 2.69. The van der Waals surface area contributed by atoms with Crippen LogP contribution < -0.4 is 0 Å². The van der Waals surface area contributed by atoms with E-state index >= 15 is 0 Å². The fraction of sp³-hybridized carbons (Fsp3) is 0.895. The molecule has 0 aromatic rings. The molecule has 3 fully saturated rings. The van der Waals surface area contributed by atoms with Crippen LogP contribution in [0, 0.1) is 29.1 Å². The van der Waals surface area contributed by atoms with Crippen LogP contribution in [-0.2, 0) is 0 Å². The third-order valence-electron chi connectivity index (χ3n) is 7.95. The van der Waals surface area contributed by atoms with Crippen molar-refractivity contribution >= 4 is 0 Å². The van der Waals surface area contributed by atoms with E-state index in [2.05, 4.69) is 19.9 Å². The van der Waals surface area contributed by atoms with Gasteiger partial charge in [-0.2, -0.15) is 0 Å². The summed E-state index contributed by atoms with van der Waals surface area (Å²) in [7, 11) is 0. The number of allylic oxidation sites excluding steroid dienone is 2. The van der Waals surface area contributed by atoms with Crippen LogP contribution in [0.1, 0.15) is 65.2 Å². The molecule has 0 aliphatic heterocycles. The van der Waals surface area contributed by atoms with Gasteiger partial charge in [-0.3, -0.25) is 0 Å². The zero-order valence-electron chi connectivity index (χ0n) is 13.4. The molecule has 0 radical (unpaired) electrons. The number of rotatable bonds is 0. The van der Waals surface area contributed by atoms with Crippen molar-refractivity contribution in [3.8, 4) is 0 Å². The molecule has 0 saturated heterocycles. The Hall–Kier alpha value is -0.370. The average molecular weight is 292 g/mol. The first-order valence-electron chi connectivity index (χ1n) is 8.98. The van der Waals surface area contributed by atoms with Crippen LogP contribution in [0.3, 0.4) is 0 Å². The minimum atomic E-state index is -0.592. The molecule has 2 heteroatoms. The number of fused-ring (bicyclic) bond motifs is 5. The van der Waals surface area contributed by atoms with Gasteiger partial charge in [0.2, 0.25) is 0 Å². The summed E-state index contributed by atoms with van der Waals surface area (Å²) in [5.74, 6) is 2.84. The largest absolute Gasteiger partial charge is 0.390 e. The van der Waals surface area contributed by atoms with Gasteiger partial charge < -0.3 is 5.11 Å². The molecular weight excluding hydrogens is 263 g/mol. The maximum Gasteiger partial charge on any atom is 0.104 e. The van der Waals surface area contributed by atoms with E-state index in [1.165, 1.54) is 18.4 Å². The van der Waals surface area contributed by atoms with E-state index in [-0.39, 0.29) is 5.41 Å². The van der Waals surface area contributed by atoms with Crippen LogP contribution >= 0.6 is 0 Å². The zero-order chi connectivity index (χ0) is 14.8. The van der Waals surface area contributed by atoms with E-state index in [9.17, 15) is 9.50 Å². The third kappa shape index (κ3) is 1.90. The summed E-state index contributed by atoms with van der Waals surface area (Å²) in [6, 6.07) is 0. The second-order valence-corrected chi connectivity index (χ2v) is 8.70. The van der Waals surface area contributed by atoms with Gasteiger partial charge in [-0.05, 0) is 87.4 Å². The molecule has 118 valence electrons. The summed E-state index contributed by atoms with van der Waals surface area (Å²) < 4.78 is 13.7. The Labute approximate surface area is 128 Å². The van der Waals surface area contributed by atoms with E-state index in [0.29, 0.717) is 18.3 Å². The first-order chi connectivity index (χ1) is 9.92. The van der Waals surface area contributed by atoms with Crippen molar-refractivity contribution in [2.45, 2.75) is 77.0 Å². The summed E-state index contributed by atoms with van der Waals surface area (Å²) in [5, 5.41) is 10.8. The van der Waals surface area contributed by atoms with Gasteiger partial charge in [0.05, 0.1) is 5.60 Å². The Kier molecular flexibility index (Phi) is 3.10. The van der Waals surface area contributed by atoms with Crippen LogP contribution in [0.25, 0.3) is 0 Å². The predicted octanol–water partition coefficient (Wildman–Crippen LogP) is 4.65. The van der Waals surface area contributed by atoms with Crippen molar-refractivity contribution in [2.24, 2.45) is 29.1 Å². The molecule has 7 unspecified atom stereocenters. The van der Waals surface area contributed by atoms with Gasteiger partial charge in [0, 0.05) is 0 Å². The highest BCUT2D eigenvalue weighted by atomic mass is 19.1. The lowest BCUT2D eigenvalue weighted by Crippen LogP contribution is -2.51. The number of halogens is 1. The summed E-state index contributed by atoms with van der Waals surface area (Å²) in [6.45, 7) is 4.39. The topological polar surface area (TPSA) is 20.2 Å². The molecule has 4 aliphatic carbocycles. The summed E-state index contributed by atoms with van der Waals surface area (Å²) in [5.41, 5.74) is 1.06. The number of aliphatic hydroxyl groups is 1. The van der Waals surface area contributed by atoms with Gasteiger partial charge in [0.15, 0.2) is 0 Å². The van der Waals surface area contributed by atoms with Crippen LogP contribution in [0.15, 0.2) is 11.6 Å². The fourth-order valence-electron chi connectivity index (χ4n) is 6.47. The Balaban J connectivity index is 1.63. The molecule has 0 amide bonds. The van der Waals surface area contributed by atoms with E-state index in [1.54, 1.807) is 0 Å². The second kappa shape index (κ2) is 4.57. The number of alkyl halides is 1. The van der Waals surface area contributed by atoms with Gasteiger partial charge in [-0.15, -0.1) is 0 Å². The molecule has 0 bridgehead atoms. The van der Waals surface area contributed by atoms with Crippen molar-refractivity contribution in [3.05, 3.63) is 11.6 Å². The van der Waals surface area contributed by atoms with Crippen LogP contribution in [0.2, 0.25) is 0 Å². The van der Waals surface area contributed by atoms with Crippen LogP contribution in [-0.4, -0.2) is 16.9 Å². The molecule has 0 aromatic heterocycles. The minimum Gasteiger partial charge on any atom is -0.390 e. The van der Waals surface area contributed by atoms with E-state index in [1.807, 2.05) is 0 Å². The summed E-state index contributed by atoms with van der Waals surface area (Å²) in [4.78, 5) is 0. The Morgan fingerprint density at radius 2 is 1.90 bits per heavy atom. The maximum atomic E-state index is 13.7. The highest BCUT2D eigenvalue weighted by molar-refractivity contribution is 5.21. The van der Waals surface area contributed by atoms with Crippen LogP contribution in [0.5, 0.6) is 0 Å². The van der Waals surface area contributed by atoms with E-state index < -0.39 is 11.8 Å². The first kappa shape index (κ1) is 14.2. The van der Waals surface area contributed by atoms with Crippen molar-refractivity contribution in [1.29, 1.82) is 0 Å². The molecule has 0 spiro atoms. The predicted molar refractivity (Wildman–Crippen MR) is 82.6 cm³/mol. The van der Waals surface area contributed by atoms with Crippen molar-refractivity contribution in [1.82, 2.24) is 0 Å². The summed E-state index contributed by atoms with van der Waals surface area (Å²) >= 11 is 0. The third-order valence-corrected chi connectivity index (χ3v) is 7.95. The molecule has 3 saturated carbocycles. The van der Waals surface area contributed by atoms with Gasteiger partial charge in [0.1, 0.15) is 6.17 Å².